The summed E-state index contributed by atoms with van der Waals surface area (Å²) < 4.78 is 0. The van der Waals surface area contributed by atoms with Gasteiger partial charge in [-0.3, -0.25) is 10.2 Å². The fraction of sp³-hybridized carbons (Fsp3) is 0.875. The van der Waals surface area contributed by atoms with E-state index in [1.807, 2.05) is 0 Å². The molecule has 1 aliphatic carbocycles. The van der Waals surface area contributed by atoms with Gasteiger partial charge in [0.2, 0.25) is 5.91 Å². The van der Waals surface area contributed by atoms with Crippen molar-refractivity contribution in [1.82, 2.24) is 5.43 Å². The molecule has 0 atom stereocenters. The first kappa shape index (κ1) is 9.48. The SMILES string of the molecule is NCC1CCC(C(=O)NN)CC1. The fourth-order valence-electron chi connectivity index (χ4n) is 1.78. The summed E-state index contributed by atoms with van der Waals surface area (Å²) in [7, 11) is 0. The molecule has 1 amide bonds. The predicted octanol–water partition coefficient (Wildman–Crippen LogP) is -0.259. The van der Waals surface area contributed by atoms with Crippen molar-refractivity contribution >= 4 is 5.91 Å². The first-order valence-corrected chi connectivity index (χ1v) is 4.48. The van der Waals surface area contributed by atoms with Crippen LogP contribution in [-0.2, 0) is 4.79 Å². The maximum Gasteiger partial charge on any atom is 0.236 e. The van der Waals surface area contributed by atoms with E-state index in [2.05, 4.69) is 5.43 Å². The van der Waals surface area contributed by atoms with Crippen LogP contribution < -0.4 is 17.0 Å². The van der Waals surface area contributed by atoms with Crippen molar-refractivity contribution in [3.8, 4) is 0 Å². The Hall–Kier alpha value is -0.610. The average molecular weight is 171 g/mol. The average Bonchev–Trinajstić information content (AvgIpc) is 2.17. The third-order valence-electron chi connectivity index (χ3n) is 2.69. The molecule has 0 aromatic heterocycles. The molecule has 0 spiro atoms. The summed E-state index contributed by atoms with van der Waals surface area (Å²) in [6, 6.07) is 0. The van der Waals surface area contributed by atoms with Gasteiger partial charge < -0.3 is 5.73 Å². The molecule has 0 bridgehead atoms. The highest BCUT2D eigenvalue weighted by molar-refractivity contribution is 5.77. The lowest BCUT2D eigenvalue weighted by Gasteiger charge is -2.25. The number of hydrogen-bond acceptors (Lipinski definition) is 3. The van der Waals surface area contributed by atoms with Crippen LogP contribution in [-0.4, -0.2) is 12.5 Å². The van der Waals surface area contributed by atoms with Crippen molar-refractivity contribution in [2.75, 3.05) is 6.54 Å². The monoisotopic (exact) mass is 171 g/mol. The number of nitrogens with two attached hydrogens (primary N) is 2. The van der Waals surface area contributed by atoms with Gasteiger partial charge >= 0.3 is 0 Å². The van der Waals surface area contributed by atoms with E-state index in [0.717, 1.165) is 32.2 Å². The molecule has 4 heteroatoms. The van der Waals surface area contributed by atoms with Gasteiger partial charge in [0.15, 0.2) is 0 Å². The van der Waals surface area contributed by atoms with Gasteiger partial charge in [-0.2, -0.15) is 0 Å². The topological polar surface area (TPSA) is 81.1 Å². The second-order valence-electron chi connectivity index (χ2n) is 3.46. The van der Waals surface area contributed by atoms with E-state index < -0.39 is 0 Å². The van der Waals surface area contributed by atoms with Crippen molar-refractivity contribution in [3.05, 3.63) is 0 Å². The number of hydrogen-bond donors (Lipinski definition) is 3. The lowest BCUT2D eigenvalue weighted by molar-refractivity contribution is -0.126. The van der Waals surface area contributed by atoms with Crippen LogP contribution in [0.3, 0.4) is 0 Å². The van der Waals surface area contributed by atoms with Gasteiger partial charge in [0, 0.05) is 5.92 Å². The largest absolute Gasteiger partial charge is 0.330 e. The van der Waals surface area contributed by atoms with Crippen LogP contribution in [0.25, 0.3) is 0 Å². The molecule has 0 unspecified atom stereocenters. The number of nitrogens with one attached hydrogen (secondary N) is 1. The Labute approximate surface area is 72.6 Å². The zero-order valence-electron chi connectivity index (χ0n) is 7.25. The number of rotatable bonds is 2. The first-order valence-electron chi connectivity index (χ1n) is 4.48. The molecule has 12 heavy (non-hydrogen) atoms. The Morgan fingerprint density at radius 3 is 2.33 bits per heavy atom. The van der Waals surface area contributed by atoms with Crippen molar-refractivity contribution < 1.29 is 4.79 Å². The molecule has 4 nitrogen and oxygen atoms in total. The van der Waals surface area contributed by atoms with Crippen molar-refractivity contribution in [1.29, 1.82) is 0 Å². The molecule has 0 aromatic rings. The molecule has 1 fully saturated rings. The normalized spacial score (nSPS) is 29.8. The summed E-state index contributed by atoms with van der Waals surface area (Å²) in [6.07, 6.45) is 4.00. The van der Waals surface area contributed by atoms with Crippen LogP contribution in [0.2, 0.25) is 0 Å². The first-order chi connectivity index (χ1) is 5.77. The molecule has 70 valence electrons. The molecule has 1 aliphatic rings. The Morgan fingerprint density at radius 1 is 1.33 bits per heavy atom. The van der Waals surface area contributed by atoms with Gasteiger partial charge in [-0.05, 0) is 38.1 Å². The van der Waals surface area contributed by atoms with Crippen LogP contribution in [0.4, 0.5) is 0 Å². The predicted molar refractivity (Wildman–Crippen MR) is 46.8 cm³/mol. The molecule has 0 saturated heterocycles. The Bertz CT molecular complexity index is 152. The molecule has 0 aromatic carbocycles. The maximum atomic E-state index is 11.1. The van der Waals surface area contributed by atoms with Crippen LogP contribution in [0.1, 0.15) is 25.7 Å². The molecule has 0 radical (unpaired) electrons. The number of carbonyl (C=O) groups is 1. The number of amides is 1. The van der Waals surface area contributed by atoms with Crippen molar-refractivity contribution in [2.24, 2.45) is 23.4 Å². The summed E-state index contributed by atoms with van der Waals surface area (Å²) >= 11 is 0. The van der Waals surface area contributed by atoms with Crippen molar-refractivity contribution in [3.63, 3.8) is 0 Å². The van der Waals surface area contributed by atoms with Crippen molar-refractivity contribution in [2.45, 2.75) is 25.7 Å². The van der Waals surface area contributed by atoms with Gasteiger partial charge in [0.1, 0.15) is 0 Å². The van der Waals surface area contributed by atoms with Gasteiger partial charge in [0.05, 0.1) is 0 Å². The second-order valence-corrected chi connectivity index (χ2v) is 3.46. The smallest absolute Gasteiger partial charge is 0.236 e. The molecule has 1 rings (SSSR count). The fourth-order valence-corrected chi connectivity index (χ4v) is 1.78. The summed E-state index contributed by atoms with van der Waals surface area (Å²) in [4.78, 5) is 11.1. The van der Waals surface area contributed by atoms with Gasteiger partial charge in [-0.15, -0.1) is 0 Å². The lowest BCUT2D eigenvalue weighted by Crippen LogP contribution is -2.38. The van der Waals surface area contributed by atoms with Gasteiger partial charge in [-0.1, -0.05) is 0 Å². The number of carbonyl (C=O) groups excluding carboxylic acids is 1. The third-order valence-corrected chi connectivity index (χ3v) is 2.69. The minimum atomic E-state index is -0.0227. The molecular formula is C8H17N3O. The summed E-state index contributed by atoms with van der Waals surface area (Å²) in [6.45, 7) is 0.747. The van der Waals surface area contributed by atoms with Crippen LogP contribution >= 0.6 is 0 Å². The highest BCUT2D eigenvalue weighted by Gasteiger charge is 2.24. The van der Waals surface area contributed by atoms with E-state index in [1.54, 1.807) is 0 Å². The van der Waals surface area contributed by atoms with E-state index in [1.165, 1.54) is 0 Å². The highest BCUT2D eigenvalue weighted by Crippen LogP contribution is 2.27. The summed E-state index contributed by atoms with van der Waals surface area (Å²) in [5.74, 6) is 5.76. The molecule has 1 saturated carbocycles. The highest BCUT2D eigenvalue weighted by atomic mass is 16.2. The standard InChI is InChI=1S/C8H17N3O/c9-5-6-1-3-7(4-2-6)8(12)11-10/h6-7H,1-5,9-10H2,(H,11,12). The van der Waals surface area contributed by atoms with E-state index in [9.17, 15) is 4.79 Å². The van der Waals surface area contributed by atoms with Crippen LogP contribution in [0, 0.1) is 11.8 Å². The van der Waals surface area contributed by atoms with E-state index in [0.29, 0.717) is 5.92 Å². The zero-order valence-corrected chi connectivity index (χ0v) is 7.25. The number of hydrazine groups is 1. The quantitative estimate of drug-likeness (QED) is 0.304. The summed E-state index contributed by atoms with van der Waals surface area (Å²) in [5, 5.41) is 0. The summed E-state index contributed by atoms with van der Waals surface area (Å²) in [5.41, 5.74) is 7.73. The van der Waals surface area contributed by atoms with E-state index in [4.69, 9.17) is 11.6 Å². The minimum Gasteiger partial charge on any atom is -0.330 e. The van der Waals surface area contributed by atoms with E-state index in [-0.39, 0.29) is 11.8 Å². The third kappa shape index (κ3) is 2.19. The Balaban J connectivity index is 2.30. The maximum absolute atomic E-state index is 11.1. The van der Waals surface area contributed by atoms with Crippen LogP contribution in [0.15, 0.2) is 0 Å². The second kappa shape index (κ2) is 4.42. The zero-order chi connectivity index (χ0) is 8.97. The van der Waals surface area contributed by atoms with Gasteiger partial charge in [-0.25, -0.2) is 5.84 Å². The Morgan fingerprint density at radius 2 is 1.92 bits per heavy atom. The molecule has 0 heterocycles. The molecular weight excluding hydrogens is 154 g/mol. The lowest BCUT2D eigenvalue weighted by atomic mass is 9.82. The van der Waals surface area contributed by atoms with Crippen LogP contribution in [0.5, 0.6) is 0 Å². The molecule has 0 aliphatic heterocycles. The minimum absolute atomic E-state index is 0.0227. The Kier molecular flexibility index (Phi) is 3.49. The van der Waals surface area contributed by atoms with Gasteiger partial charge in [0.25, 0.3) is 0 Å². The molecule has 5 N–H and O–H groups in total. The van der Waals surface area contributed by atoms with E-state index >= 15 is 0 Å².